The fourth-order valence-corrected chi connectivity index (χ4v) is 2.55. The summed E-state index contributed by atoms with van der Waals surface area (Å²) >= 11 is 0. The lowest BCUT2D eigenvalue weighted by Crippen LogP contribution is -2.39. The molecule has 4 nitrogen and oxygen atoms in total. The molecule has 1 amide bonds. The number of ether oxygens (including phenoxy) is 1. The van der Waals surface area contributed by atoms with Crippen LogP contribution in [0.3, 0.4) is 0 Å². The molecule has 2 atom stereocenters. The highest BCUT2D eigenvalue weighted by atomic mass is 16.5. The molecule has 0 spiro atoms. The van der Waals surface area contributed by atoms with Gasteiger partial charge < -0.3 is 9.64 Å². The molecule has 0 bridgehead atoms. The van der Waals surface area contributed by atoms with Crippen molar-refractivity contribution < 1.29 is 9.53 Å². The van der Waals surface area contributed by atoms with Crippen molar-refractivity contribution in [3.8, 4) is 0 Å². The lowest BCUT2D eigenvalue weighted by Gasteiger charge is -2.23. The van der Waals surface area contributed by atoms with Crippen LogP contribution in [0, 0.1) is 0 Å². The zero-order chi connectivity index (χ0) is 14.5. The number of benzene rings is 1. The molecule has 2 unspecified atom stereocenters. The second-order valence-corrected chi connectivity index (χ2v) is 5.39. The Kier molecular flexibility index (Phi) is 5.15. The van der Waals surface area contributed by atoms with E-state index in [0.29, 0.717) is 13.2 Å². The molecule has 1 aromatic carbocycles. The van der Waals surface area contributed by atoms with E-state index in [0.717, 1.165) is 12.0 Å². The second kappa shape index (κ2) is 6.86. The van der Waals surface area contributed by atoms with Crippen molar-refractivity contribution in [3.05, 3.63) is 35.9 Å². The van der Waals surface area contributed by atoms with Gasteiger partial charge in [0.15, 0.2) is 0 Å². The van der Waals surface area contributed by atoms with Crippen molar-refractivity contribution in [2.24, 2.45) is 0 Å². The minimum absolute atomic E-state index is 0.100. The number of hydrogen-bond acceptors (Lipinski definition) is 3. The van der Waals surface area contributed by atoms with Gasteiger partial charge in [-0.1, -0.05) is 37.3 Å². The highest BCUT2D eigenvalue weighted by Gasteiger charge is 2.38. The summed E-state index contributed by atoms with van der Waals surface area (Å²) in [5.41, 5.74) is 1.03. The molecule has 1 saturated heterocycles. The van der Waals surface area contributed by atoms with Gasteiger partial charge in [-0.25, -0.2) is 0 Å². The van der Waals surface area contributed by atoms with Crippen LogP contribution in [0.5, 0.6) is 0 Å². The molecule has 20 heavy (non-hydrogen) atoms. The second-order valence-electron chi connectivity index (χ2n) is 5.39. The molecule has 0 aliphatic carbocycles. The van der Waals surface area contributed by atoms with E-state index < -0.39 is 0 Å². The van der Waals surface area contributed by atoms with E-state index in [9.17, 15) is 4.79 Å². The molecular weight excluding hydrogens is 252 g/mol. The topological polar surface area (TPSA) is 41.6 Å². The predicted molar refractivity (Wildman–Crippen MR) is 79.2 cm³/mol. The minimum atomic E-state index is -0.222. The number of amides is 1. The van der Waals surface area contributed by atoms with E-state index in [1.54, 1.807) is 0 Å². The molecule has 1 N–H and O–H groups in total. The van der Waals surface area contributed by atoms with Crippen molar-refractivity contribution >= 4 is 5.91 Å². The summed E-state index contributed by atoms with van der Waals surface area (Å²) in [6, 6.07) is 9.67. The Bertz CT molecular complexity index is 433. The van der Waals surface area contributed by atoms with Crippen LogP contribution in [0.1, 0.15) is 38.8 Å². The summed E-state index contributed by atoms with van der Waals surface area (Å²) in [5, 5.41) is 3.42. The van der Waals surface area contributed by atoms with Crippen LogP contribution in [0.2, 0.25) is 0 Å². The Morgan fingerprint density at radius 2 is 2.00 bits per heavy atom. The van der Waals surface area contributed by atoms with Gasteiger partial charge in [0.05, 0.1) is 18.9 Å². The van der Waals surface area contributed by atoms with E-state index in [2.05, 4.69) is 12.2 Å². The number of rotatable bonds is 6. The first-order chi connectivity index (χ1) is 9.63. The third kappa shape index (κ3) is 3.38. The summed E-state index contributed by atoms with van der Waals surface area (Å²) in [6.45, 7) is 7.34. The number of hydrogen-bond donors (Lipinski definition) is 1. The number of nitrogens with one attached hydrogen (secondary N) is 1. The van der Waals surface area contributed by atoms with E-state index in [1.807, 2.05) is 49.1 Å². The summed E-state index contributed by atoms with van der Waals surface area (Å²) < 4.78 is 5.56. The van der Waals surface area contributed by atoms with Crippen LogP contribution in [-0.2, 0) is 9.53 Å². The first-order valence-corrected chi connectivity index (χ1v) is 7.36. The monoisotopic (exact) mass is 276 g/mol. The SMILES string of the molecule is CCC1NC(c2ccccc2)C(=O)N1CCOC(C)C. The third-order valence-corrected chi connectivity index (χ3v) is 3.57. The average Bonchev–Trinajstić information content (AvgIpc) is 2.76. The standard InChI is InChI=1S/C16H24N2O2/c1-4-14-17-15(13-8-6-5-7-9-13)16(19)18(14)10-11-20-12(2)3/h5-9,12,14-15,17H,4,10-11H2,1-3H3. The van der Waals surface area contributed by atoms with Gasteiger partial charge in [0.2, 0.25) is 5.91 Å². The largest absolute Gasteiger partial charge is 0.377 e. The van der Waals surface area contributed by atoms with Gasteiger partial charge in [-0.05, 0) is 25.8 Å². The number of nitrogens with zero attached hydrogens (tertiary/aromatic N) is 1. The van der Waals surface area contributed by atoms with E-state index in [1.165, 1.54) is 0 Å². The molecule has 1 aliphatic heterocycles. The molecule has 110 valence electrons. The van der Waals surface area contributed by atoms with Crippen molar-refractivity contribution in [1.29, 1.82) is 0 Å². The van der Waals surface area contributed by atoms with Crippen molar-refractivity contribution in [1.82, 2.24) is 10.2 Å². The van der Waals surface area contributed by atoms with E-state index >= 15 is 0 Å². The fourth-order valence-electron chi connectivity index (χ4n) is 2.55. The van der Waals surface area contributed by atoms with Gasteiger partial charge >= 0.3 is 0 Å². The quantitative estimate of drug-likeness (QED) is 0.867. The van der Waals surface area contributed by atoms with Crippen LogP contribution >= 0.6 is 0 Å². The summed E-state index contributed by atoms with van der Waals surface area (Å²) in [4.78, 5) is 14.5. The van der Waals surface area contributed by atoms with Gasteiger partial charge in [0, 0.05) is 6.54 Å². The smallest absolute Gasteiger partial charge is 0.245 e. The van der Waals surface area contributed by atoms with Crippen LogP contribution in [0.15, 0.2) is 30.3 Å². The summed E-state index contributed by atoms with van der Waals surface area (Å²) in [6.07, 6.45) is 1.20. The fraction of sp³-hybridized carbons (Fsp3) is 0.562. The molecule has 4 heteroatoms. The molecular formula is C16H24N2O2. The Morgan fingerprint density at radius 3 is 2.60 bits per heavy atom. The predicted octanol–water partition coefficient (Wildman–Crippen LogP) is 2.32. The summed E-state index contributed by atoms with van der Waals surface area (Å²) in [7, 11) is 0. The maximum Gasteiger partial charge on any atom is 0.245 e. The Balaban J connectivity index is 2.03. The van der Waals surface area contributed by atoms with Crippen LogP contribution in [0.25, 0.3) is 0 Å². The summed E-state index contributed by atoms with van der Waals surface area (Å²) in [5.74, 6) is 0.149. The minimum Gasteiger partial charge on any atom is -0.377 e. The van der Waals surface area contributed by atoms with E-state index in [-0.39, 0.29) is 24.2 Å². The molecule has 1 aliphatic rings. The van der Waals surface area contributed by atoms with Crippen molar-refractivity contribution in [3.63, 3.8) is 0 Å². The normalized spacial score (nSPS) is 22.8. The Labute approximate surface area is 121 Å². The number of carbonyl (C=O) groups is 1. The van der Waals surface area contributed by atoms with Gasteiger partial charge in [0.1, 0.15) is 6.04 Å². The Hall–Kier alpha value is -1.39. The molecule has 0 aromatic heterocycles. The molecule has 1 aromatic rings. The third-order valence-electron chi connectivity index (χ3n) is 3.57. The van der Waals surface area contributed by atoms with Gasteiger partial charge in [0.25, 0.3) is 0 Å². The molecule has 0 saturated carbocycles. The lowest BCUT2D eigenvalue weighted by molar-refractivity contribution is -0.131. The van der Waals surface area contributed by atoms with Crippen LogP contribution in [0.4, 0.5) is 0 Å². The van der Waals surface area contributed by atoms with Gasteiger partial charge in [-0.3, -0.25) is 10.1 Å². The Morgan fingerprint density at radius 1 is 1.30 bits per heavy atom. The van der Waals surface area contributed by atoms with Gasteiger partial charge in [-0.15, -0.1) is 0 Å². The highest BCUT2D eigenvalue weighted by molar-refractivity contribution is 5.85. The zero-order valence-electron chi connectivity index (χ0n) is 12.5. The average molecular weight is 276 g/mol. The number of carbonyl (C=O) groups excluding carboxylic acids is 1. The molecule has 1 heterocycles. The molecule has 0 radical (unpaired) electrons. The van der Waals surface area contributed by atoms with E-state index in [4.69, 9.17) is 4.74 Å². The van der Waals surface area contributed by atoms with Gasteiger partial charge in [-0.2, -0.15) is 0 Å². The maximum atomic E-state index is 12.6. The van der Waals surface area contributed by atoms with Crippen molar-refractivity contribution in [2.45, 2.75) is 45.5 Å². The first kappa shape index (κ1) is 15.0. The van der Waals surface area contributed by atoms with Crippen LogP contribution < -0.4 is 5.32 Å². The van der Waals surface area contributed by atoms with Crippen LogP contribution in [-0.4, -0.2) is 36.2 Å². The zero-order valence-corrected chi connectivity index (χ0v) is 12.5. The molecule has 1 fully saturated rings. The maximum absolute atomic E-state index is 12.6. The molecule has 2 rings (SSSR count). The highest BCUT2D eigenvalue weighted by Crippen LogP contribution is 2.25. The lowest BCUT2D eigenvalue weighted by atomic mass is 10.1. The van der Waals surface area contributed by atoms with Crippen molar-refractivity contribution in [2.75, 3.05) is 13.2 Å². The first-order valence-electron chi connectivity index (χ1n) is 7.36.